The molecule has 114 valence electrons. The predicted octanol–water partition coefficient (Wildman–Crippen LogP) is 0.954. The van der Waals surface area contributed by atoms with E-state index in [4.69, 9.17) is 5.73 Å². The zero-order valence-electron chi connectivity index (χ0n) is 12.8. The summed E-state index contributed by atoms with van der Waals surface area (Å²) in [5.74, 6) is 0.474. The molecule has 2 rings (SSSR count). The van der Waals surface area contributed by atoms with Crippen molar-refractivity contribution in [2.45, 2.75) is 33.2 Å². The van der Waals surface area contributed by atoms with Crippen LogP contribution in [0.2, 0.25) is 0 Å². The zero-order chi connectivity index (χ0) is 15.6. The third-order valence-corrected chi connectivity index (χ3v) is 3.61. The Labute approximate surface area is 124 Å². The molecule has 0 atom stereocenters. The van der Waals surface area contributed by atoms with E-state index in [1.54, 1.807) is 13.1 Å². The van der Waals surface area contributed by atoms with E-state index in [9.17, 15) is 9.59 Å². The van der Waals surface area contributed by atoms with Crippen LogP contribution >= 0.6 is 0 Å². The molecule has 0 spiro atoms. The first-order valence-corrected chi connectivity index (χ1v) is 7.20. The van der Waals surface area contributed by atoms with Crippen LogP contribution in [0.3, 0.4) is 0 Å². The zero-order valence-corrected chi connectivity index (χ0v) is 12.8. The van der Waals surface area contributed by atoms with Crippen molar-refractivity contribution in [2.75, 3.05) is 19.3 Å². The molecule has 6 heteroatoms. The number of fused-ring (bicyclic) bond motifs is 1. The molecule has 0 saturated heterocycles. The highest BCUT2D eigenvalue weighted by Gasteiger charge is 2.24. The molecule has 21 heavy (non-hydrogen) atoms. The van der Waals surface area contributed by atoms with Gasteiger partial charge in [-0.25, -0.2) is 4.98 Å². The summed E-state index contributed by atoms with van der Waals surface area (Å²) in [5.41, 5.74) is 7.99. The highest BCUT2D eigenvalue weighted by Crippen LogP contribution is 2.22. The van der Waals surface area contributed by atoms with Crippen LogP contribution in [-0.2, 0) is 17.8 Å². The number of anilines is 1. The molecule has 0 fully saturated rings. The normalized spacial score (nSPS) is 14.0. The van der Waals surface area contributed by atoms with E-state index < -0.39 is 0 Å². The van der Waals surface area contributed by atoms with Crippen LogP contribution in [0, 0.1) is 5.92 Å². The summed E-state index contributed by atoms with van der Waals surface area (Å²) in [4.78, 5) is 30.1. The molecule has 0 aromatic carbocycles. The van der Waals surface area contributed by atoms with Crippen molar-refractivity contribution in [3.05, 3.63) is 22.9 Å². The number of nitrogens with zero attached hydrogens (tertiary/aromatic N) is 2. The third-order valence-electron chi connectivity index (χ3n) is 3.61. The number of pyridine rings is 1. The first kappa shape index (κ1) is 15.3. The molecule has 0 bridgehead atoms. The monoisotopic (exact) mass is 290 g/mol. The number of amides is 2. The molecular formula is C15H22N4O2. The summed E-state index contributed by atoms with van der Waals surface area (Å²) in [6, 6.07) is 1.76. The topological polar surface area (TPSA) is 88.3 Å². The average molecular weight is 290 g/mol. The second-order valence-electron chi connectivity index (χ2n) is 5.77. The van der Waals surface area contributed by atoms with Crippen LogP contribution in [0.25, 0.3) is 0 Å². The number of carbonyl (C=O) groups excluding carboxylic acids is 2. The first-order valence-electron chi connectivity index (χ1n) is 7.20. The van der Waals surface area contributed by atoms with Gasteiger partial charge in [-0.3, -0.25) is 9.59 Å². The summed E-state index contributed by atoms with van der Waals surface area (Å²) in [7, 11) is 1.56. The molecule has 1 aliphatic heterocycles. The van der Waals surface area contributed by atoms with E-state index in [2.05, 4.69) is 10.3 Å². The van der Waals surface area contributed by atoms with Gasteiger partial charge in [0.15, 0.2) is 0 Å². The molecule has 0 unspecified atom stereocenters. The highest BCUT2D eigenvalue weighted by atomic mass is 16.2. The van der Waals surface area contributed by atoms with Gasteiger partial charge in [-0.1, -0.05) is 13.8 Å². The molecule has 1 aliphatic rings. The number of hydrogen-bond donors (Lipinski definition) is 2. The van der Waals surface area contributed by atoms with Gasteiger partial charge in [-0.05, 0) is 17.5 Å². The minimum absolute atomic E-state index is 0.147. The molecule has 0 radical (unpaired) electrons. The van der Waals surface area contributed by atoms with Crippen molar-refractivity contribution in [3.63, 3.8) is 0 Å². The maximum atomic E-state index is 12.2. The lowest BCUT2D eigenvalue weighted by Crippen LogP contribution is -2.37. The van der Waals surface area contributed by atoms with Crippen LogP contribution < -0.4 is 11.1 Å². The van der Waals surface area contributed by atoms with E-state index >= 15 is 0 Å². The third kappa shape index (κ3) is 3.32. The molecule has 0 aliphatic carbocycles. The van der Waals surface area contributed by atoms with Gasteiger partial charge in [-0.15, -0.1) is 0 Å². The number of nitrogens with one attached hydrogen (secondary N) is 1. The Morgan fingerprint density at radius 3 is 2.81 bits per heavy atom. The minimum Gasteiger partial charge on any atom is -0.383 e. The van der Waals surface area contributed by atoms with Crippen LogP contribution in [-0.4, -0.2) is 35.3 Å². The summed E-state index contributed by atoms with van der Waals surface area (Å²) in [5, 5.41) is 2.55. The van der Waals surface area contributed by atoms with Gasteiger partial charge in [0.2, 0.25) is 5.91 Å². The van der Waals surface area contributed by atoms with Gasteiger partial charge in [0.05, 0.1) is 5.56 Å². The SMILES string of the molecule is CNC(=O)c1cc2c(nc1N)CCN(C(=O)CC(C)C)C2. The lowest BCUT2D eigenvalue weighted by atomic mass is 10.0. The Kier molecular flexibility index (Phi) is 4.45. The Bertz CT molecular complexity index is 569. The number of nitrogens with two attached hydrogens (primary N) is 1. The van der Waals surface area contributed by atoms with Crippen molar-refractivity contribution in [2.24, 2.45) is 5.92 Å². The molecule has 3 N–H and O–H groups in total. The fourth-order valence-electron chi connectivity index (χ4n) is 2.50. The van der Waals surface area contributed by atoms with Crippen LogP contribution in [0.1, 0.15) is 41.9 Å². The maximum Gasteiger partial charge on any atom is 0.254 e. The van der Waals surface area contributed by atoms with E-state index in [0.717, 1.165) is 11.3 Å². The van der Waals surface area contributed by atoms with E-state index in [1.807, 2.05) is 18.7 Å². The average Bonchev–Trinajstić information content (AvgIpc) is 2.44. The fraction of sp³-hybridized carbons (Fsp3) is 0.533. The summed E-state index contributed by atoms with van der Waals surface area (Å²) in [6.45, 7) is 5.21. The number of rotatable bonds is 3. The Morgan fingerprint density at radius 1 is 1.48 bits per heavy atom. The number of aromatic nitrogens is 1. The molecule has 6 nitrogen and oxygen atoms in total. The summed E-state index contributed by atoms with van der Waals surface area (Å²) in [6.07, 6.45) is 1.22. The molecule has 1 aromatic rings. The standard InChI is InChI=1S/C15H22N4O2/c1-9(2)6-13(20)19-5-4-12-10(8-19)7-11(14(16)18-12)15(21)17-3/h7,9H,4-6,8H2,1-3H3,(H2,16,18)(H,17,21). The van der Waals surface area contributed by atoms with Crippen molar-refractivity contribution in [3.8, 4) is 0 Å². The van der Waals surface area contributed by atoms with Gasteiger partial charge in [0, 0.05) is 38.7 Å². The van der Waals surface area contributed by atoms with E-state index in [0.29, 0.717) is 37.4 Å². The lowest BCUT2D eigenvalue weighted by molar-refractivity contribution is -0.132. The highest BCUT2D eigenvalue weighted by molar-refractivity contribution is 5.98. The maximum absolute atomic E-state index is 12.2. The Morgan fingerprint density at radius 2 is 2.19 bits per heavy atom. The van der Waals surface area contributed by atoms with E-state index in [-0.39, 0.29) is 17.6 Å². The Balaban J connectivity index is 2.23. The largest absolute Gasteiger partial charge is 0.383 e. The smallest absolute Gasteiger partial charge is 0.254 e. The molecule has 2 heterocycles. The Hall–Kier alpha value is -2.11. The van der Waals surface area contributed by atoms with Crippen molar-refractivity contribution < 1.29 is 9.59 Å². The molecule has 1 aromatic heterocycles. The summed E-state index contributed by atoms with van der Waals surface area (Å²) < 4.78 is 0. The van der Waals surface area contributed by atoms with Crippen LogP contribution in [0.4, 0.5) is 5.82 Å². The van der Waals surface area contributed by atoms with Crippen molar-refractivity contribution >= 4 is 17.6 Å². The number of nitrogen functional groups attached to an aromatic ring is 1. The minimum atomic E-state index is -0.256. The summed E-state index contributed by atoms with van der Waals surface area (Å²) >= 11 is 0. The fourth-order valence-corrected chi connectivity index (χ4v) is 2.50. The van der Waals surface area contributed by atoms with Gasteiger partial charge in [0.1, 0.15) is 5.82 Å². The first-order chi connectivity index (χ1) is 9.92. The molecule has 0 saturated carbocycles. The van der Waals surface area contributed by atoms with Crippen LogP contribution in [0.5, 0.6) is 0 Å². The van der Waals surface area contributed by atoms with Crippen molar-refractivity contribution in [1.82, 2.24) is 15.2 Å². The molecule has 2 amide bonds. The van der Waals surface area contributed by atoms with Crippen molar-refractivity contribution in [1.29, 1.82) is 0 Å². The predicted molar refractivity (Wildman–Crippen MR) is 80.6 cm³/mol. The lowest BCUT2D eigenvalue weighted by Gasteiger charge is -2.29. The second-order valence-corrected chi connectivity index (χ2v) is 5.77. The molecular weight excluding hydrogens is 268 g/mol. The van der Waals surface area contributed by atoms with Gasteiger partial charge in [0.25, 0.3) is 5.91 Å². The van der Waals surface area contributed by atoms with E-state index in [1.165, 1.54) is 0 Å². The van der Waals surface area contributed by atoms with Crippen LogP contribution in [0.15, 0.2) is 6.07 Å². The number of hydrogen-bond acceptors (Lipinski definition) is 4. The van der Waals surface area contributed by atoms with Gasteiger partial charge in [-0.2, -0.15) is 0 Å². The van der Waals surface area contributed by atoms with Gasteiger partial charge >= 0.3 is 0 Å². The quantitative estimate of drug-likeness (QED) is 0.867. The second kappa shape index (κ2) is 6.11. The van der Waals surface area contributed by atoms with Gasteiger partial charge < -0.3 is 16.0 Å². The number of carbonyl (C=O) groups is 2.